The molecule has 1 aromatic rings. The number of benzene rings is 1. The Morgan fingerprint density at radius 2 is 1.95 bits per heavy atom. The van der Waals surface area contributed by atoms with Crippen molar-refractivity contribution in [1.29, 1.82) is 0 Å². The van der Waals surface area contributed by atoms with E-state index in [1.807, 2.05) is 0 Å². The van der Waals surface area contributed by atoms with Crippen molar-refractivity contribution in [2.75, 3.05) is 12.8 Å². The number of hydrogen-bond acceptors (Lipinski definition) is 4. The molecule has 1 fully saturated rings. The van der Waals surface area contributed by atoms with E-state index in [-0.39, 0.29) is 16.8 Å². The van der Waals surface area contributed by atoms with E-state index in [4.69, 9.17) is 0 Å². The smallest absolute Gasteiger partial charge is 0.251 e. The van der Waals surface area contributed by atoms with E-state index in [0.29, 0.717) is 11.6 Å². The molecule has 110 valence electrons. The molecule has 1 aliphatic heterocycles. The molecule has 5 nitrogen and oxygen atoms in total. The zero-order valence-electron chi connectivity index (χ0n) is 11.7. The SMILES string of the molecule is CC1CC(NC(=O)c2ccc(S(C)(=O)=O)cc2)CCN1. The first-order valence-corrected chi connectivity index (χ1v) is 8.60. The van der Waals surface area contributed by atoms with Gasteiger partial charge in [-0.1, -0.05) is 0 Å². The highest BCUT2D eigenvalue weighted by Gasteiger charge is 2.20. The topological polar surface area (TPSA) is 75.3 Å². The Kier molecular flexibility index (Phi) is 4.45. The molecule has 1 saturated heterocycles. The van der Waals surface area contributed by atoms with Gasteiger partial charge in [0.1, 0.15) is 0 Å². The van der Waals surface area contributed by atoms with E-state index in [9.17, 15) is 13.2 Å². The first kappa shape index (κ1) is 15.0. The van der Waals surface area contributed by atoms with Gasteiger partial charge in [0.05, 0.1) is 4.90 Å². The number of piperidine rings is 1. The van der Waals surface area contributed by atoms with Crippen LogP contribution in [-0.2, 0) is 9.84 Å². The number of rotatable bonds is 3. The van der Waals surface area contributed by atoms with Crippen molar-refractivity contribution >= 4 is 15.7 Å². The van der Waals surface area contributed by atoms with Gasteiger partial charge in [0.2, 0.25) is 0 Å². The molecule has 2 rings (SSSR count). The standard InChI is InChI=1S/C14H20N2O3S/c1-10-9-12(7-8-15-10)16-14(17)11-3-5-13(6-4-11)20(2,18)19/h3-6,10,12,15H,7-9H2,1-2H3,(H,16,17). The minimum absolute atomic E-state index is 0.149. The van der Waals surface area contributed by atoms with Crippen LogP contribution < -0.4 is 10.6 Å². The van der Waals surface area contributed by atoms with E-state index in [1.165, 1.54) is 12.1 Å². The minimum Gasteiger partial charge on any atom is -0.349 e. The van der Waals surface area contributed by atoms with Gasteiger partial charge in [-0.2, -0.15) is 0 Å². The Labute approximate surface area is 119 Å². The lowest BCUT2D eigenvalue weighted by Crippen LogP contribution is -2.46. The molecule has 0 spiro atoms. The fraction of sp³-hybridized carbons (Fsp3) is 0.500. The minimum atomic E-state index is -3.22. The molecule has 0 aromatic heterocycles. The largest absolute Gasteiger partial charge is 0.349 e. The molecule has 0 aliphatic carbocycles. The molecular formula is C14H20N2O3S. The van der Waals surface area contributed by atoms with Crippen LogP contribution in [0.15, 0.2) is 29.2 Å². The maximum atomic E-state index is 12.1. The van der Waals surface area contributed by atoms with Crippen molar-refractivity contribution in [2.24, 2.45) is 0 Å². The van der Waals surface area contributed by atoms with Crippen LogP contribution in [0.25, 0.3) is 0 Å². The quantitative estimate of drug-likeness (QED) is 0.871. The molecule has 1 aliphatic rings. The van der Waals surface area contributed by atoms with Gasteiger partial charge in [-0.15, -0.1) is 0 Å². The third-order valence-electron chi connectivity index (χ3n) is 3.50. The maximum absolute atomic E-state index is 12.1. The van der Waals surface area contributed by atoms with E-state index < -0.39 is 9.84 Å². The van der Waals surface area contributed by atoms with E-state index in [1.54, 1.807) is 12.1 Å². The molecule has 6 heteroatoms. The fourth-order valence-corrected chi connectivity index (χ4v) is 3.02. The number of nitrogens with one attached hydrogen (secondary N) is 2. The van der Waals surface area contributed by atoms with E-state index in [2.05, 4.69) is 17.6 Å². The highest BCUT2D eigenvalue weighted by atomic mass is 32.2. The van der Waals surface area contributed by atoms with Gasteiger partial charge < -0.3 is 10.6 Å². The second kappa shape index (κ2) is 5.93. The average molecular weight is 296 g/mol. The summed E-state index contributed by atoms with van der Waals surface area (Å²) >= 11 is 0. The summed E-state index contributed by atoms with van der Waals surface area (Å²) in [5, 5.41) is 6.33. The maximum Gasteiger partial charge on any atom is 0.251 e. The number of amides is 1. The molecule has 2 N–H and O–H groups in total. The van der Waals surface area contributed by atoms with Crippen molar-refractivity contribution in [3.63, 3.8) is 0 Å². The fourth-order valence-electron chi connectivity index (χ4n) is 2.39. The number of hydrogen-bond donors (Lipinski definition) is 2. The lowest BCUT2D eigenvalue weighted by molar-refractivity contribution is 0.0925. The van der Waals surface area contributed by atoms with Gasteiger partial charge in [-0.25, -0.2) is 8.42 Å². The summed E-state index contributed by atoms with van der Waals surface area (Å²) in [6.45, 7) is 3.00. The Morgan fingerprint density at radius 3 is 2.50 bits per heavy atom. The zero-order chi connectivity index (χ0) is 14.8. The summed E-state index contributed by atoms with van der Waals surface area (Å²) < 4.78 is 22.7. The third-order valence-corrected chi connectivity index (χ3v) is 4.63. The second-order valence-corrected chi connectivity index (χ2v) is 7.36. The Bertz CT molecular complexity index is 581. The van der Waals surface area contributed by atoms with Gasteiger partial charge in [-0.3, -0.25) is 4.79 Å². The molecule has 1 aromatic carbocycles. The summed E-state index contributed by atoms with van der Waals surface area (Å²) in [6, 6.07) is 6.62. The predicted octanol–water partition coefficient (Wildman–Crippen LogP) is 0.960. The van der Waals surface area contributed by atoms with Crippen LogP contribution in [0.4, 0.5) is 0 Å². The monoisotopic (exact) mass is 296 g/mol. The van der Waals surface area contributed by atoms with Crippen LogP contribution in [-0.4, -0.2) is 39.2 Å². The summed E-state index contributed by atoms with van der Waals surface area (Å²) in [5.74, 6) is -0.149. The van der Waals surface area contributed by atoms with Crippen molar-refractivity contribution < 1.29 is 13.2 Å². The van der Waals surface area contributed by atoms with Crippen molar-refractivity contribution in [3.05, 3.63) is 29.8 Å². The molecular weight excluding hydrogens is 276 g/mol. The summed E-state index contributed by atoms with van der Waals surface area (Å²) in [6.07, 6.45) is 2.98. The number of sulfone groups is 1. The molecule has 0 radical (unpaired) electrons. The molecule has 0 bridgehead atoms. The van der Waals surface area contributed by atoms with Crippen molar-refractivity contribution in [1.82, 2.24) is 10.6 Å². The molecule has 20 heavy (non-hydrogen) atoms. The molecule has 1 amide bonds. The van der Waals surface area contributed by atoms with Gasteiger partial charge in [-0.05, 0) is 50.6 Å². The first-order chi connectivity index (χ1) is 9.36. The molecule has 0 saturated carbocycles. The Morgan fingerprint density at radius 1 is 1.30 bits per heavy atom. The number of carbonyl (C=O) groups is 1. The normalized spacial score (nSPS) is 23.3. The highest BCUT2D eigenvalue weighted by molar-refractivity contribution is 7.90. The van der Waals surface area contributed by atoms with Crippen LogP contribution in [0, 0.1) is 0 Å². The van der Waals surface area contributed by atoms with E-state index in [0.717, 1.165) is 25.6 Å². The van der Waals surface area contributed by atoms with Crippen molar-refractivity contribution in [2.45, 2.75) is 36.7 Å². The molecule has 1 heterocycles. The van der Waals surface area contributed by atoms with Crippen LogP contribution in [0.5, 0.6) is 0 Å². The van der Waals surface area contributed by atoms with E-state index >= 15 is 0 Å². The Hall–Kier alpha value is -1.40. The second-order valence-electron chi connectivity index (χ2n) is 5.35. The van der Waals surface area contributed by atoms with Crippen LogP contribution in [0.3, 0.4) is 0 Å². The lowest BCUT2D eigenvalue weighted by atomic mass is 10.0. The summed E-state index contributed by atoms with van der Waals surface area (Å²) in [7, 11) is -3.22. The predicted molar refractivity (Wildman–Crippen MR) is 77.5 cm³/mol. The summed E-state index contributed by atoms with van der Waals surface area (Å²) in [4.78, 5) is 12.3. The lowest BCUT2D eigenvalue weighted by Gasteiger charge is -2.28. The first-order valence-electron chi connectivity index (χ1n) is 6.70. The van der Waals surface area contributed by atoms with Gasteiger partial charge >= 0.3 is 0 Å². The number of carbonyl (C=O) groups excluding carboxylic acids is 1. The van der Waals surface area contributed by atoms with Crippen LogP contribution >= 0.6 is 0 Å². The third kappa shape index (κ3) is 3.80. The van der Waals surface area contributed by atoms with Gasteiger partial charge in [0, 0.05) is 23.9 Å². The average Bonchev–Trinajstić information content (AvgIpc) is 2.38. The summed E-state index contributed by atoms with van der Waals surface area (Å²) in [5.41, 5.74) is 0.489. The Balaban J connectivity index is 2.02. The molecule has 2 atom stereocenters. The molecule has 2 unspecified atom stereocenters. The van der Waals surface area contributed by atoms with Crippen LogP contribution in [0.2, 0.25) is 0 Å². The van der Waals surface area contributed by atoms with Crippen LogP contribution in [0.1, 0.15) is 30.1 Å². The van der Waals surface area contributed by atoms with Crippen molar-refractivity contribution in [3.8, 4) is 0 Å². The van der Waals surface area contributed by atoms with Gasteiger partial charge in [0.25, 0.3) is 5.91 Å². The van der Waals surface area contributed by atoms with Gasteiger partial charge in [0.15, 0.2) is 9.84 Å². The zero-order valence-corrected chi connectivity index (χ0v) is 12.5. The highest BCUT2D eigenvalue weighted by Crippen LogP contribution is 2.12.